The number of hydrogen-bond acceptors (Lipinski definition) is 3. The number of nitrogens with one attached hydrogen (secondary N) is 1. The number of rotatable bonds is 5. The van der Waals surface area contributed by atoms with Gasteiger partial charge in [-0.15, -0.1) is 0 Å². The Balaban J connectivity index is 1.90. The van der Waals surface area contributed by atoms with Crippen LogP contribution in [0.1, 0.15) is 35.3 Å². The van der Waals surface area contributed by atoms with E-state index in [4.69, 9.17) is 11.6 Å². The van der Waals surface area contributed by atoms with Crippen molar-refractivity contribution in [1.82, 2.24) is 9.88 Å². The SMILES string of the molecule is CC(C)=CCN(Cc1ccc(Cl)cc1)C(=O)c1ccnc2c1CC(=O)N2. The van der Waals surface area contributed by atoms with Crippen LogP contribution in [0.3, 0.4) is 0 Å². The number of allylic oxidation sites excluding steroid dienone is 1. The van der Waals surface area contributed by atoms with Crippen molar-refractivity contribution in [2.45, 2.75) is 26.8 Å². The van der Waals surface area contributed by atoms with Crippen LogP contribution < -0.4 is 5.32 Å². The van der Waals surface area contributed by atoms with Gasteiger partial charge in [-0.25, -0.2) is 4.98 Å². The standard InChI is InChI=1S/C20H20ClN3O2/c1-13(2)8-10-24(12-14-3-5-15(21)6-4-14)20(26)16-7-9-22-19-17(16)11-18(25)23-19/h3-9H,10-12H2,1-2H3,(H,22,23,25). The maximum atomic E-state index is 13.2. The summed E-state index contributed by atoms with van der Waals surface area (Å²) in [7, 11) is 0. The van der Waals surface area contributed by atoms with Gasteiger partial charge in [-0.3, -0.25) is 9.59 Å². The molecule has 0 unspecified atom stereocenters. The van der Waals surface area contributed by atoms with Crippen molar-refractivity contribution in [3.63, 3.8) is 0 Å². The summed E-state index contributed by atoms with van der Waals surface area (Å²) >= 11 is 5.95. The quantitative estimate of drug-likeness (QED) is 0.814. The largest absolute Gasteiger partial charge is 0.331 e. The zero-order chi connectivity index (χ0) is 18.7. The number of halogens is 1. The van der Waals surface area contributed by atoms with E-state index in [-0.39, 0.29) is 18.2 Å². The van der Waals surface area contributed by atoms with Gasteiger partial charge in [0.25, 0.3) is 5.91 Å². The van der Waals surface area contributed by atoms with Crippen LogP contribution in [0.2, 0.25) is 5.02 Å². The van der Waals surface area contributed by atoms with Crippen LogP contribution in [0.4, 0.5) is 5.82 Å². The molecule has 5 nitrogen and oxygen atoms in total. The lowest BCUT2D eigenvalue weighted by atomic mass is 10.1. The number of amides is 2. The number of aromatic nitrogens is 1. The molecule has 0 fully saturated rings. The number of carbonyl (C=O) groups excluding carboxylic acids is 2. The van der Waals surface area contributed by atoms with Crippen molar-refractivity contribution in [2.75, 3.05) is 11.9 Å². The second-order valence-electron chi connectivity index (χ2n) is 6.50. The minimum absolute atomic E-state index is 0.118. The van der Waals surface area contributed by atoms with E-state index < -0.39 is 0 Å². The van der Waals surface area contributed by atoms with Crippen LogP contribution >= 0.6 is 11.6 Å². The molecule has 1 aliphatic heterocycles. The second kappa shape index (κ2) is 7.70. The molecule has 2 amide bonds. The minimum atomic E-state index is -0.138. The first-order valence-electron chi connectivity index (χ1n) is 8.39. The van der Waals surface area contributed by atoms with E-state index in [0.717, 1.165) is 11.1 Å². The summed E-state index contributed by atoms with van der Waals surface area (Å²) in [5.74, 6) is 0.225. The monoisotopic (exact) mass is 369 g/mol. The zero-order valence-corrected chi connectivity index (χ0v) is 15.5. The van der Waals surface area contributed by atoms with Gasteiger partial charge in [0.1, 0.15) is 5.82 Å². The maximum Gasteiger partial charge on any atom is 0.254 e. The highest BCUT2D eigenvalue weighted by atomic mass is 35.5. The molecule has 1 aliphatic rings. The molecule has 1 aromatic carbocycles. The fraction of sp³-hybridized carbons (Fsp3) is 0.250. The molecule has 1 N–H and O–H groups in total. The minimum Gasteiger partial charge on any atom is -0.331 e. The van der Waals surface area contributed by atoms with Crippen LogP contribution in [0.25, 0.3) is 0 Å². The molecule has 0 radical (unpaired) electrons. The van der Waals surface area contributed by atoms with Gasteiger partial charge in [0.2, 0.25) is 5.91 Å². The van der Waals surface area contributed by atoms with Gasteiger partial charge in [-0.05, 0) is 37.6 Å². The Bertz CT molecular complexity index is 871. The molecular formula is C20H20ClN3O2. The summed E-state index contributed by atoms with van der Waals surface area (Å²) in [6.07, 6.45) is 3.75. The Morgan fingerprint density at radius 2 is 2.00 bits per heavy atom. The zero-order valence-electron chi connectivity index (χ0n) is 14.8. The first-order chi connectivity index (χ1) is 12.4. The highest BCUT2D eigenvalue weighted by molar-refractivity contribution is 6.30. The molecule has 1 aromatic heterocycles. The van der Waals surface area contributed by atoms with Crippen molar-refractivity contribution in [2.24, 2.45) is 0 Å². The second-order valence-corrected chi connectivity index (χ2v) is 6.94. The summed E-state index contributed by atoms with van der Waals surface area (Å²) in [4.78, 5) is 30.8. The van der Waals surface area contributed by atoms with E-state index in [0.29, 0.717) is 35.1 Å². The van der Waals surface area contributed by atoms with E-state index in [9.17, 15) is 9.59 Å². The predicted molar refractivity (Wildman–Crippen MR) is 102 cm³/mol. The summed E-state index contributed by atoms with van der Waals surface area (Å²) in [6, 6.07) is 9.12. The van der Waals surface area contributed by atoms with Crippen LogP contribution in [-0.4, -0.2) is 28.2 Å². The number of benzene rings is 1. The summed E-state index contributed by atoms with van der Waals surface area (Å²) in [5, 5.41) is 3.35. The van der Waals surface area contributed by atoms with Crippen molar-refractivity contribution < 1.29 is 9.59 Å². The molecular weight excluding hydrogens is 350 g/mol. The topological polar surface area (TPSA) is 62.3 Å². The summed E-state index contributed by atoms with van der Waals surface area (Å²) < 4.78 is 0. The highest BCUT2D eigenvalue weighted by Crippen LogP contribution is 2.25. The Morgan fingerprint density at radius 1 is 1.27 bits per heavy atom. The molecule has 2 heterocycles. The number of hydrogen-bond donors (Lipinski definition) is 1. The van der Waals surface area contributed by atoms with E-state index in [1.807, 2.05) is 44.2 Å². The summed E-state index contributed by atoms with van der Waals surface area (Å²) in [6.45, 7) is 4.94. The van der Waals surface area contributed by atoms with Crippen molar-refractivity contribution in [1.29, 1.82) is 0 Å². The molecule has 3 rings (SSSR count). The van der Waals surface area contributed by atoms with Gasteiger partial charge >= 0.3 is 0 Å². The third-order valence-corrected chi connectivity index (χ3v) is 4.43. The van der Waals surface area contributed by atoms with Crippen molar-refractivity contribution in [3.05, 3.63) is 69.9 Å². The number of anilines is 1. The Hall–Kier alpha value is -2.66. The van der Waals surface area contributed by atoms with Gasteiger partial charge in [-0.1, -0.05) is 35.4 Å². The number of nitrogens with zero attached hydrogens (tertiary/aromatic N) is 2. The van der Waals surface area contributed by atoms with Crippen LogP contribution in [0.15, 0.2) is 48.2 Å². The van der Waals surface area contributed by atoms with Gasteiger partial charge in [0, 0.05) is 35.4 Å². The van der Waals surface area contributed by atoms with Crippen LogP contribution in [0.5, 0.6) is 0 Å². The van der Waals surface area contributed by atoms with Crippen molar-refractivity contribution in [3.8, 4) is 0 Å². The lowest BCUT2D eigenvalue weighted by molar-refractivity contribution is -0.115. The van der Waals surface area contributed by atoms with E-state index in [1.165, 1.54) is 0 Å². The average molecular weight is 370 g/mol. The van der Waals surface area contributed by atoms with E-state index in [1.54, 1.807) is 17.2 Å². The van der Waals surface area contributed by atoms with E-state index >= 15 is 0 Å². The van der Waals surface area contributed by atoms with Gasteiger partial charge in [0.15, 0.2) is 0 Å². The lowest BCUT2D eigenvalue weighted by Gasteiger charge is -2.23. The van der Waals surface area contributed by atoms with Gasteiger partial charge in [-0.2, -0.15) is 0 Å². The molecule has 2 aromatic rings. The Morgan fingerprint density at radius 3 is 2.69 bits per heavy atom. The number of carbonyl (C=O) groups is 2. The fourth-order valence-corrected chi connectivity index (χ4v) is 2.93. The summed E-state index contributed by atoms with van der Waals surface area (Å²) in [5.41, 5.74) is 3.31. The Kier molecular flexibility index (Phi) is 5.38. The lowest BCUT2D eigenvalue weighted by Crippen LogP contribution is -2.31. The third-order valence-electron chi connectivity index (χ3n) is 4.18. The van der Waals surface area contributed by atoms with E-state index in [2.05, 4.69) is 10.3 Å². The molecule has 0 aliphatic carbocycles. The molecule has 0 bridgehead atoms. The first-order valence-corrected chi connectivity index (χ1v) is 8.76. The normalized spacial score (nSPS) is 12.3. The Labute approximate surface area is 157 Å². The third kappa shape index (κ3) is 4.11. The molecule has 0 saturated carbocycles. The van der Waals surface area contributed by atoms with Crippen molar-refractivity contribution >= 4 is 29.2 Å². The maximum absolute atomic E-state index is 13.2. The predicted octanol–water partition coefficient (Wildman–Crippen LogP) is 3.84. The number of pyridine rings is 1. The average Bonchev–Trinajstić information content (AvgIpc) is 2.99. The van der Waals surface area contributed by atoms with Crippen LogP contribution in [0, 0.1) is 0 Å². The van der Waals surface area contributed by atoms with Gasteiger partial charge < -0.3 is 10.2 Å². The number of fused-ring (bicyclic) bond motifs is 1. The highest BCUT2D eigenvalue weighted by Gasteiger charge is 2.27. The molecule has 0 saturated heterocycles. The smallest absolute Gasteiger partial charge is 0.254 e. The molecule has 134 valence electrons. The fourth-order valence-electron chi connectivity index (χ4n) is 2.81. The first kappa shape index (κ1) is 18.1. The van der Waals surface area contributed by atoms with Gasteiger partial charge in [0.05, 0.1) is 6.42 Å². The molecule has 6 heteroatoms. The molecule has 26 heavy (non-hydrogen) atoms. The molecule has 0 atom stereocenters. The molecule has 0 spiro atoms. The van der Waals surface area contributed by atoms with Crippen LogP contribution in [-0.2, 0) is 17.8 Å².